The minimum Gasteiger partial charge on any atom is -0.449 e. The fourth-order valence-electron chi connectivity index (χ4n) is 5.86. The van der Waals surface area contributed by atoms with Gasteiger partial charge in [-0.05, 0) is 53.8 Å². The molecule has 9 heteroatoms. The molecule has 1 aliphatic heterocycles. The first-order valence-corrected chi connectivity index (χ1v) is 15.2. The molecule has 0 aliphatic carbocycles. The quantitative estimate of drug-likeness (QED) is 0.134. The molecule has 1 aromatic heterocycles. The van der Waals surface area contributed by atoms with Gasteiger partial charge in [-0.2, -0.15) is 0 Å². The van der Waals surface area contributed by atoms with Gasteiger partial charge < -0.3 is 24.8 Å². The molecule has 0 unspecified atom stereocenters. The number of nitrogens with zero attached hydrogens (tertiary/aromatic N) is 4. The van der Waals surface area contributed by atoms with Gasteiger partial charge in [0.2, 0.25) is 0 Å². The van der Waals surface area contributed by atoms with Crippen LogP contribution in [0.25, 0.3) is 22.2 Å². The number of fused-ring (bicyclic) bond motifs is 1. The second-order valence-corrected chi connectivity index (χ2v) is 11.1. The Morgan fingerprint density at radius 1 is 0.889 bits per heavy atom. The van der Waals surface area contributed by atoms with Gasteiger partial charge >= 0.3 is 12.2 Å². The molecular formula is C36H38N4O5. The summed E-state index contributed by atoms with van der Waals surface area (Å²) in [5.41, 5.74) is 6.62. The number of benzene rings is 4. The minimum absolute atomic E-state index is 0. The Balaban J connectivity index is 0.00000400. The normalized spacial score (nSPS) is 13.1. The van der Waals surface area contributed by atoms with Crippen LogP contribution in [0.15, 0.2) is 97.1 Å². The first kappa shape index (κ1) is 31.3. The molecule has 9 nitrogen and oxygen atoms in total. The first-order chi connectivity index (χ1) is 21.5. The number of aryl methyl sites for hydroxylation is 1. The number of imidazole rings is 1. The topological polar surface area (TPSA) is 119 Å². The van der Waals surface area contributed by atoms with Gasteiger partial charge in [0.15, 0.2) is 0 Å². The van der Waals surface area contributed by atoms with Crippen LogP contribution < -0.4 is 9.64 Å². The fraction of sp³-hybridized carbons (Fsp3) is 0.250. The van der Waals surface area contributed by atoms with Crippen LogP contribution in [-0.4, -0.2) is 50.3 Å². The molecule has 2 heterocycles. The van der Waals surface area contributed by atoms with E-state index in [-0.39, 0.29) is 11.5 Å². The van der Waals surface area contributed by atoms with Crippen molar-refractivity contribution in [3.05, 3.63) is 114 Å². The zero-order valence-corrected chi connectivity index (χ0v) is 25.4. The third-order valence-electron chi connectivity index (χ3n) is 8.09. The number of carboxylic acid groups (broad SMARTS) is 1. The molecule has 1 aliphatic rings. The Morgan fingerprint density at radius 2 is 1.62 bits per heavy atom. The lowest BCUT2D eigenvalue weighted by atomic mass is 10.0. The Hall–Kier alpha value is -5.15. The van der Waals surface area contributed by atoms with Gasteiger partial charge in [0, 0.05) is 43.9 Å². The summed E-state index contributed by atoms with van der Waals surface area (Å²) in [4.78, 5) is 33.6. The highest BCUT2D eigenvalue weighted by Gasteiger charge is 2.27. The van der Waals surface area contributed by atoms with E-state index in [0.29, 0.717) is 25.4 Å². The van der Waals surface area contributed by atoms with E-state index in [0.717, 1.165) is 77.0 Å². The molecule has 45 heavy (non-hydrogen) atoms. The molecule has 232 valence electrons. The van der Waals surface area contributed by atoms with E-state index in [2.05, 4.69) is 41.8 Å². The van der Waals surface area contributed by atoms with E-state index in [4.69, 9.17) is 14.8 Å². The molecule has 0 radical (unpaired) electrons. The summed E-state index contributed by atoms with van der Waals surface area (Å²) in [6, 6.07) is 31.5. The van der Waals surface area contributed by atoms with Crippen LogP contribution >= 0.6 is 0 Å². The van der Waals surface area contributed by atoms with Gasteiger partial charge in [-0.1, -0.05) is 86.1 Å². The maximum atomic E-state index is 13.6. The third-order valence-corrected chi connectivity index (χ3v) is 8.09. The summed E-state index contributed by atoms with van der Waals surface area (Å²) >= 11 is 0. The fourth-order valence-corrected chi connectivity index (χ4v) is 5.86. The van der Waals surface area contributed by atoms with Crippen molar-refractivity contribution in [1.29, 1.82) is 0 Å². The van der Waals surface area contributed by atoms with Crippen molar-refractivity contribution in [2.45, 2.75) is 45.7 Å². The molecule has 0 bridgehead atoms. The number of rotatable bonds is 10. The Kier molecular flexibility index (Phi) is 9.79. The molecule has 1 saturated heterocycles. The smallest absolute Gasteiger partial charge is 0.449 e. The number of para-hydroxylation sites is 1. The molecule has 0 atom stereocenters. The number of amides is 2. The SMILES string of the molecule is CCCCc1nc2ccc(N3CCCN(Cc4ccccc4)C3=O)cc2n1Cc1ccc(-c2ccccc2OC(=O)O)cc1.O. The number of anilines is 1. The summed E-state index contributed by atoms with van der Waals surface area (Å²) in [7, 11) is 0. The number of unbranched alkanes of at least 4 members (excludes halogenated alkanes) is 1. The van der Waals surface area contributed by atoms with Gasteiger partial charge in [-0.15, -0.1) is 0 Å². The van der Waals surface area contributed by atoms with Crippen LogP contribution in [-0.2, 0) is 19.5 Å². The maximum absolute atomic E-state index is 13.6. The van der Waals surface area contributed by atoms with Crippen LogP contribution in [0, 0.1) is 0 Å². The number of carbonyl (C=O) groups excluding carboxylic acids is 1. The van der Waals surface area contributed by atoms with Gasteiger partial charge in [-0.25, -0.2) is 14.6 Å². The van der Waals surface area contributed by atoms with Crippen molar-refractivity contribution < 1.29 is 24.9 Å². The standard InChI is InChI=1S/C36H36N4O4.H2O/c1-2-3-14-34-37-31-20-19-29(39-22-9-21-38(35(39)41)24-26-10-5-4-6-11-26)23-32(31)40(34)25-27-15-17-28(18-16-27)30-12-7-8-13-33(30)44-36(42)43;/h4-8,10-13,15-20,23H,2-3,9,14,21-22,24-25H2,1H3,(H,42,43);1H2. The monoisotopic (exact) mass is 606 g/mol. The second kappa shape index (κ2) is 14.1. The predicted octanol–water partition coefficient (Wildman–Crippen LogP) is 7.16. The van der Waals surface area contributed by atoms with E-state index in [9.17, 15) is 9.59 Å². The average molecular weight is 607 g/mol. The summed E-state index contributed by atoms with van der Waals surface area (Å²) in [5.74, 6) is 1.33. The summed E-state index contributed by atoms with van der Waals surface area (Å²) < 4.78 is 7.26. The minimum atomic E-state index is -1.34. The number of carbonyl (C=O) groups is 2. The Morgan fingerprint density at radius 3 is 2.38 bits per heavy atom. The van der Waals surface area contributed by atoms with E-state index in [1.165, 1.54) is 0 Å². The highest BCUT2D eigenvalue weighted by molar-refractivity contribution is 5.95. The largest absolute Gasteiger partial charge is 0.511 e. The van der Waals surface area contributed by atoms with Crippen molar-refractivity contribution in [2.24, 2.45) is 0 Å². The zero-order valence-electron chi connectivity index (χ0n) is 25.4. The van der Waals surface area contributed by atoms with Crippen LogP contribution in [0.3, 0.4) is 0 Å². The van der Waals surface area contributed by atoms with E-state index in [1.54, 1.807) is 12.1 Å². The zero-order chi connectivity index (χ0) is 30.5. The molecule has 0 spiro atoms. The average Bonchev–Trinajstić information content (AvgIpc) is 3.38. The Labute approximate surface area is 262 Å². The lowest BCUT2D eigenvalue weighted by molar-refractivity contribution is 0.144. The van der Waals surface area contributed by atoms with Crippen molar-refractivity contribution in [2.75, 3.05) is 18.0 Å². The maximum Gasteiger partial charge on any atom is 0.511 e. The molecule has 3 N–H and O–H groups in total. The van der Waals surface area contributed by atoms with E-state index >= 15 is 0 Å². The molecule has 5 aromatic rings. The lowest BCUT2D eigenvalue weighted by Crippen LogP contribution is -2.49. The van der Waals surface area contributed by atoms with Gasteiger partial charge in [0.1, 0.15) is 11.6 Å². The predicted molar refractivity (Wildman–Crippen MR) is 176 cm³/mol. The number of hydrogen-bond donors (Lipinski definition) is 1. The number of aromatic nitrogens is 2. The van der Waals surface area contributed by atoms with Crippen molar-refractivity contribution in [3.63, 3.8) is 0 Å². The highest BCUT2D eigenvalue weighted by Crippen LogP contribution is 2.31. The van der Waals surface area contributed by atoms with Gasteiger partial charge in [0.25, 0.3) is 0 Å². The Bertz CT molecular complexity index is 1770. The summed E-state index contributed by atoms with van der Waals surface area (Å²) in [5, 5.41) is 9.14. The van der Waals surface area contributed by atoms with Crippen LogP contribution in [0.2, 0.25) is 0 Å². The number of hydrogen-bond acceptors (Lipinski definition) is 4. The molecule has 2 amide bonds. The highest BCUT2D eigenvalue weighted by atomic mass is 16.7. The molecule has 4 aromatic carbocycles. The second-order valence-electron chi connectivity index (χ2n) is 11.1. The molecule has 0 saturated carbocycles. The summed E-state index contributed by atoms with van der Waals surface area (Å²) in [6.07, 6.45) is 2.54. The van der Waals surface area contributed by atoms with Crippen molar-refractivity contribution in [3.8, 4) is 16.9 Å². The van der Waals surface area contributed by atoms with Crippen molar-refractivity contribution in [1.82, 2.24) is 14.5 Å². The molecule has 6 rings (SSSR count). The van der Waals surface area contributed by atoms with Crippen molar-refractivity contribution >= 4 is 28.9 Å². The van der Waals surface area contributed by atoms with E-state index < -0.39 is 6.16 Å². The summed E-state index contributed by atoms with van der Waals surface area (Å²) in [6.45, 7) is 4.83. The van der Waals surface area contributed by atoms with Crippen LogP contribution in [0.1, 0.15) is 43.1 Å². The molecular weight excluding hydrogens is 568 g/mol. The number of urea groups is 1. The lowest BCUT2D eigenvalue weighted by Gasteiger charge is -2.35. The third kappa shape index (κ3) is 6.99. The van der Waals surface area contributed by atoms with Crippen LogP contribution in [0.4, 0.5) is 15.3 Å². The van der Waals surface area contributed by atoms with E-state index in [1.807, 2.05) is 64.4 Å². The molecule has 1 fully saturated rings. The van der Waals surface area contributed by atoms with Crippen LogP contribution in [0.5, 0.6) is 5.75 Å². The van der Waals surface area contributed by atoms with Gasteiger partial charge in [0.05, 0.1) is 11.0 Å². The first-order valence-electron chi connectivity index (χ1n) is 15.2. The number of ether oxygens (including phenoxy) is 1. The van der Waals surface area contributed by atoms with Gasteiger partial charge in [-0.3, -0.25) is 4.90 Å².